The first-order valence-electron chi connectivity index (χ1n) is 7.54. The molecule has 0 aliphatic heterocycles. The van der Waals surface area contributed by atoms with Gasteiger partial charge in [-0.25, -0.2) is 0 Å². The van der Waals surface area contributed by atoms with E-state index in [9.17, 15) is 4.79 Å². The van der Waals surface area contributed by atoms with Crippen LogP contribution in [0.5, 0.6) is 0 Å². The molecule has 1 N–H and O–H groups in total. The van der Waals surface area contributed by atoms with Crippen LogP contribution in [0.1, 0.15) is 78.1 Å². The molecular weight excluding hydrogens is 244 g/mol. The zero-order valence-electron chi connectivity index (χ0n) is 12.1. The lowest BCUT2D eigenvalue weighted by Gasteiger charge is -2.16. The Balaban J connectivity index is 3.72. The number of hydrogen-bond donors (Lipinski definition) is 1. The Morgan fingerprint density at radius 3 is 2.11 bits per heavy atom. The van der Waals surface area contributed by atoms with Gasteiger partial charge in [0.25, 0.3) is 0 Å². The molecule has 0 aromatic carbocycles. The monoisotopic (exact) mass is 274 g/mol. The van der Waals surface area contributed by atoms with Crippen LogP contribution in [-0.4, -0.2) is 22.1 Å². The number of thioether (sulfide) groups is 1. The topological polar surface area (TPSA) is 37.3 Å². The van der Waals surface area contributed by atoms with E-state index in [1.165, 1.54) is 57.8 Å². The van der Waals surface area contributed by atoms with Crippen LogP contribution >= 0.6 is 11.8 Å². The highest BCUT2D eigenvalue weighted by Gasteiger charge is 2.09. The van der Waals surface area contributed by atoms with Crippen molar-refractivity contribution < 1.29 is 9.90 Å². The fraction of sp³-hybridized carbons (Fsp3) is 0.933. The predicted molar refractivity (Wildman–Crippen MR) is 81.4 cm³/mol. The van der Waals surface area contributed by atoms with E-state index in [1.807, 2.05) is 11.8 Å². The standard InChI is InChI=1S/C15H30O2S/c1-3-5-7-9-11-14(10-8-6-4-2)18-13-12-15(16)17/h14H,3-13H2,1-2H3,(H,16,17). The van der Waals surface area contributed by atoms with Crippen LogP contribution in [0.2, 0.25) is 0 Å². The van der Waals surface area contributed by atoms with E-state index >= 15 is 0 Å². The normalized spacial score (nSPS) is 12.6. The lowest BCUT2D eigenvalue weighted by atomic mass is 10.1. The molecule has 1 unspecified atom stereocenters. The van der Waals surface area contributed by atoms with E-state index in [4.69, 9.17) is 5.11 Å². The minimum absolute atomic E-state index is 0.309. The summed E-state index contributed by atoms with van der Waals surface area (Å²) in [5.41, 5.74) is 0. The fourth-order valence-electron chi connectivity index (χ4n) is 2.04. The van der Waals surface area contributed by atoms with Gasteiger partial charge in [0.05, 0.1) is 6.42 Å². The van der Waals surface area contributed by atoms with Crippen molar-refractivity contribution >= 4 is 17.7 Å². The van der Waals surface area contributed by atoms with E-state index in [1.54, 1.807) is 0 Å². The molecule has 2 nitrogen and oxygen atoms in total. The lowest BCUT2D eigenvalue weighted by molar-refractivity contribution is -0.136. The summed E-state index contributed by atoms with van der Waals surface area (Å²) in [6.45, 7) is 4.47. The molecule has 1 atom stereocenters. The lowest BCUT2D eigenvalue weighted by Crippen LogP contribution is -2.06. The van der Waals surface area contributed by atoms with Gasteiger partial charge < -0.3 is 5.11 Å². The van der Waals surface area contributed by atoms with Crippen molar-refractivity contribution in [3.05, 3.63) is 0 Å². The third kappa shape index (κ3) is 12.3. The first kappa shape index (κ1) is 17.8. The van der Waals surface area contributed by atoms with Crippen molar-refractivity contribution in [1.29, 1.82) is 0 Å². The summed E-state index contributed by atoms with van der Waals surface area (Å²) in [7, 11) is 0. The summed E-state index contributed by atoms with van der Waals surface area (Å²) < 4.78 is 0. The third-order valence-corrected chi connectivity index (χ3v) is 4.56. The van der Waals surface area contributed by atoms with E-state index in [0.29, 0.717) is 11.7 Å². The van der Waals surface area contributed by atoms with E-state index in [0.717, 1.165) is 5.75 Å². The van der Waals surface area contributed by atoms with Crippen LogP contribution in [-0.2, 0) is 4.79 Å². The van der Waals surface area contributed by atoms with Crippen LogP contribution < -0.4 is 0 Å². The van der Waals surface area contributed by atoms with E-state index < -0.39 is 5.97 Å². The molecule has 0 aromatic heterocycles. The van der Waals surface area contributed by atoms with Gasteiger partial charge in [0.2, 0.25) is 0 Å². The zero-order chi connectivity index (χ0) is 13.6. The average molecular weight is 274 g/mol. The van der Waals surface area contributed by atoms with Gasteiger partial charge in [0.1, 0.15) is 0 Å². The second kappa shape index (κ2) is 13.3. The number of carboxylic acid groups (broad SMARTS) is 1. The number of aliphatic carboxylic acids is 1. The summed E-state index contributed by atoms with van der Waals surface area (Å²) in [6.07, 6.45) is 12.0. The van der Waals surface area contributed by atoms with Crippen LogP contribution in [0.3, 0.4) is 0 Å². The van der Waals surface area contributed by atoms with E-state index in [-0.39, 0.29) is 0 Å². The molecule has 0 aromatic rings. The van der Waals surface area contributed by atoms with Gasteiger partial charge in [-0.15, -0.1) is 0 Å². The molecule has 3 heteroatoms. The highest BCUT2D eigenvalue weighted by atomic mass is 32.2. The number of unbranched alkanes of at least 4 members (excludes halogenated alkanes) is 5. The minimum atomic E-state index is -0.666. The molecular formula is C15H30O2S. The van der Waals surface area contributed by atoms with Crippen molar-refractivity contribution in [2.45, 2.75) is 83.3 Å². The van der Waals surface area contributed by atoms with Gasteiger partial charge in [-0.3, -0.25) is 4.79 Å². The summed E-state index contributed by atoms with van der Waals surface area (Å²) >= 11 is 1.88. The molecule has 0 rings (SSSR count). The summed E-state index contributed by atoms with van der Waals surface area (Å²) in [5, 5.41) is 9.36. The largest absolute Gasteiger partial charge is 0.481 e. The maximum atomic E-state index is 10.5. The first-order valence-corrected chi connectivity index (χ1v) is 8.59. The van der Waals surface area contributed by atoms with Crippen LogP contribution in [0.15, 0.2) is 0 Å². The first-order chi connectivity index (χ1) is 8.70. The van der Waals surface area contributed by atoms with Crippen molar-refractivity contribution in [1.82, 2.24) is 0 Å². The van der Waals surface area contributed by atoms with Gasteiger partial charge in [0.15, 0.2) is 0 Å². The van der Waals surface area contributed by atoms with Crippen molar-refractivity contribution in [2.75, 3.05) is 5.75 Å². The second-order valence-corrected chi connectivity index (χ2v) is 6.39. The maximum Gasteiger partial charge on any atom is 0.304 e. The summed E-state index contributed by atoms with van der Waals surface area (Å²) in [4.78, 5) is 10.5. The second-order valence-electron chi connectivity index (χ2n) is 4.98. The van der Waals surface area contributed by atoms with E-state index in [2.05, 4.69) is 13.8 Å². The highest BCUT2D eigenvalue weighted by molar-refractivity contribution is 7.99. The molecule has 0 aliphatic rings. The molecule has 0 fully saturated rings. The Morgan fingerprint density at radius 1 is 1.00 bits per heavy atom. The Bertz CT molecular complexity index is 195. The minimum Gasteiger partial charge on any atom is -0.481 e. The Kier molecular flexibility index (Phi) is 13.1. The number of rotatable bonds is 13. The van der Waals surface area contributed by atoms with Gasteiger partial charge in [-0.2, -0.15) is 11.8 Å². The molecule has 0 saturated heterocycles. The smallest absolute Gasteiger partial charge is 0.304 e. The quantitative estimate of drug-likeness (QED) is 0.474. The molecule has 18 heavy (non-hydrogen) atoms. The Morgan fingerprint density at radius 2 is 1.56 bits per heavy atom. The summed E-state index contributed by atoms with van der Waals surface area (Å²) in [6, 6.07) is 0. The van der Waals surface area contributed by atoms with Crippen molar-refractivity contribution in [3.63, 3.8) is 0 Å². The van der Waals surface area contributed by atoms with Gasteiger partial charge in [-0.05, 0) is 12.8 Å². The molecule has 0 aliphatic carbocycles. The predicted octanol–water partition coefficient (Wildman–Crippen LogP) is 5.11. The molecule has 0 heterocycles. The fourth-order valence-corrected chi connectivity index (χ4v) is 3.34. The molecule has 0 spiro atoms. The molecule has 0 bridgehead atoms. The van der Waals surface area contributed by atoms with Crippen LogP contribution in [0.4, 0.5) is 0 Å². The molecule has 108 valence electrons. The summed E-state index contributed by atoms with van der Waals surface area (Å²) in [5.74, 6) is 0.112. The van der Waals surface area contributed by atoms with Gasteiger partial charge in [0, 0.05) is 11.0 Å². The van der Waals surface area contributed by atoms with Crippen LogP contribution in [0, 0.1) is 0 Å². The van der Waals surface area contributed by atoms with Gasteiger partial charge in [-0.1, -0.05) is 58.8 Å². The van der Waals surface area contributed by atoms with Crippen LogP contribution in [0.25, 0.3) is 0 Å². The van der Waals surface area contributed by atoms with Gasteiger partial charge >= 0.3 is 5.97 Å². The SMILES string of the molecule is CCCCCCC(CCCCC)SCCC(=O)O. The number of hydrogen-bond acceptors (Lipinski definition) is 2. The zero-order valence-corrected chi connectivity index (χ0v) is 12.9. The molecule has 0 radical (unpaired) electrons. The third-order valence-electron chi connectivity index (χ3n) is 3.18. The van der Waals surface area contributed by atoms with Crippen molar-refractivity contribution in [2.24, 2.45) is 0 Å². The molecule has 0 amide bonds. The Labute approximate surface area is 117 Å². The maximum absolute atomic E-state index is 10.5. The Hall–Kier alpha value is -0.180. The number of carbonyl (C=O) groups is 1. The molecule has 0 saturated carbocycles. The number of carboxylic acids is 1. The average Bonchev–Trinajstić information content (AvgIpc) is 2.33. The van der Waals surface area contributed by atoms with Crippen molar-refractivity contribution in [3.8, 4) is 0 Å². The highest BCUT2D eigenvalue weighted by Crippen LogP contribution is 2.24.